The molecule has 144 valence electrons. The topological polar surface area (TPSA) is 45.2 Å². The van der Waals surface area contributed by atoms with Crippen molar-refractivity contribution in [2.75, 3.05) is 0 Å². The number of hydrogen-bond acceptors (Lipinski definition) is 2. The molecule has 1 aromatic carbocycles. The van der Waals surface area contributed by atoms with Gasteiger partial charge in [0.2, 0.25) is 0 Å². The van der Waals surface area contributed by atoms with Crippen LogP contribution in [0.4, 0.5) is 9.18 Å². The molecule has 1 saturated carbocycles. The van der Waals surface area contributed by atoms with E-state index in [9.17, 15) is 9.18 Å². The molecule has 2 amide bonds. The molecule has 1 aromatic heterocycles. The number of rotatable bonds is 6. The van der Waals surface area contributed by atoms with Crippen LogP contribution in [-0.2, 0) is 13.1 Å². The van der Waals surface area contributed by atoms with Crippen molar-refractivity contribution >= 4 is 6.03 Å². The average Bonchev–Trinajstić information content (AvgIpc) is 2.70. The van der Waals surface area contributed by atoms with E-state index >= 15 is 0 Å². The van der Waals surface area contributed by atoms with E-state index in [2.05, 4.69) is 17.2 Å². The number of hydrogen-bond donors (Lipinski definition) is 1. The van der Waals surface area contributed by atoms with E-state index in [-0.39, 0.29) is 17.9 Å². The van der Waals surface area contributed by atoms with Gasteiger partial charge in [0, 0.05) is 31.5 Å². The van der Waals surface area contributed by atoms with Gasteiger partial charge < -0.3 is 10.2 Å². The van der Waals surface area contributed by atoms with Gasteiger partial charge in [-0.25, -0.2) is 9.18 Å². The Morgan fingerprint density at radius 1 is 1.07 bits per heavy atom. The number of carbonyl (C=O) groups is 1. The lowest BCUT2D eigenvalue weighted by molar-refractivity contribution is 0.180. The largest absolute Gasteiger partial charge is 0.335 e. The first-order chi connectivity index (χ1) is 13.1. The van der Waals surface area contributed by atoms with Gasteiger partial charge in [-0.3, -0.25) is 4.98 Å². The second-order valence-corrected chi connectivity index (χ2v) is 7.47. The van der Waals surface area contributed by atoms with Gasteiger partial charge in [0.05, 0.1) is 0 Å². The van der Waals surface area contributed by atoms with E-state index in [1.807, 2.05) is 12.1 Å². The van der Waals surface area contributed by atoms with Gasteiger partial charge in [-0.05, 0) is 61.1 Å². The fourth-order valence-corrected chi connectivity index (χ4v) is 3.76. The number of amides is 2. The highest BCUT2D eigenvalue weighted by Gasteiger charge is 2.24. The molecule has 0 bridgehead atoms. The minimum absolute atomic E-state index is 0.0748. The molecule has 0 saturated heterocycles. The fraction of sp³-hybridized carbons (Fsp3) is 0.455. The van der Waals surface area contributed by atoms with E-state index in [0.717, 1.165) is 11.1 Å². The van der Waals surface area contributed by atoms with Crippen LogP contribution in [0.2, 0.25) is 0 Å². The maximum Gasteiger partial charge on any atom is 0.318 e. The maximum absolute atomic E-state index is 13.2. The van der Waals surface area contributed by atoms with Crippen molar-refractivity contribution in [1.29, 1.82) is 0 Å². The van der Waals surface area contributed by atoms with Crippen molar-refractivity contribution in [3.8, 4) is 0 Å². The Morgan fingerprint density at radius 2 is 1.67 bits per heavy atom. The first kappa shape index (κ1) is 19.3. The molecular formula is C22H28FN3O. The molecule has 0 spiro atoms. The first-order valence-corrected chi connectivity index (χ1v) is 9.80. The van der Waals surface area contributed by atoms with E-state index in [1.165, 1.54) is 44.2 Å². The lowest BCUT2D eigenvalue weighted by Gasteiger charge is -2.31. The molecule has 3 rings (SSSR count). The van der Waals surface area contributed by atoms with Crippen LogP contribution in [0.3, 0.4) is 0 Å². The Bertz CT molecular complexity index is 714. The Kier molecular flexibility index (Phi) is 6.80. The molecule has 0 unspecified atom stereocenters. The highest BCUT2D eigenvalue weighted by Crippen LogP contribution is 2.26. The molecule has 0 radical (unpaired) electrons. The predicted octanol–water partition coefficient (Wildman–Crippen LogP) is 4.90. The molecule has 1 N–H and O–H groups in total. The van der Waals surface area contributed by atoms with Crippen LogP contribution >= 0.6 is 0 Å². The first-order valence-electron chi connectivity index (χ1n) is 9.80. The van der Waals surface area contributed by atoms with Gasteiger partial charge in [-0.2, -0.15) is 0 Å². The quantitative estimate of drug-likeness (QED) is 0.787. The maximum atomic E-state index is 13.2. The number of halogens is 1. The lowest BCUT2D eigenvalue weighted by Crippen LogP contribution is -2.46. The molecule has 5 heteroatoms. The highest BCUT2D eigenvalue weighted by molar-refractivity contribution is 5.74. The third kappa shape index (κ3) is 5.78. The molecule has 4 nitrogen and oxygen atoms in total. The number of pyridine rings is 1. The summed E-state index contributed by atoms with van der Waals surface area (Å²) in [6, 6.07) is 10.2. The van der Waals surface area contributed by atoms with Gasteiger partial charge in [-0.1, -0.05) is 31.4 Å². The summed E-state index contributed by atoms with van der Waals surface area (Å²) in [6.07, 6.45) is 9.63. The fourth-order valence-electron chi connectivity index (χ4n) is 3.76. The van der Waals surface area contributed by atoms with E-state index in [4.69, 9.17) is 0 Å². The number of aromatic nitrogens is 1. The standard InChI is InChI=1S/C22H28FN3O/c1-17(20-5-3-2-4-6-20)25-22(27)26(16-19-11-13-24-14-12-19)15-18-7-9-21(23)10-8-18/h7-14,17,20H,2-6,15-16H2,1H3,(H,25,27)/t17-/m1/s1. The van der Waals surface area contributed by atoms with E-state index in [0.29, 0.717) is 19.0 Å². The molecule has 1 atom stereocenters. The molecule has 1 fully saturated rings. The molecule has 1 aliphatic rings. The molecule has 1 heterocycles. The van der Waals surface area contributed by atoms with Crippen LogP contribution in [0.1, 0.15) is 50.2 Å². The van der Waals surface area contributed by atoms with Crippen molar-refractivity contribution in [3.05, 3.63) is 65.7 Å². The van der Waals surface area contributed by atoms with Gasteiger partial charge in [-0.15, -0.1) is 0 Å². The Balaban J connectivity index is 1.69. The monoisotopic (exact) mass is 369 g/mol. The number of carbonyl (C=O) groups excluding carboxylic acids is 1. The third-order valence-corrected chi connectivity index (χ3v) is 5.40. The van der Waals surface area contributed by atoms with Crippen molar-refractivity contribution in [3.63, 3.8) is 0 Å². The molecule has 2 aromatic rings. The second-order valence-electron chi connectivity index (χ2n) is 7.47. The summed E-state index contributed by atoms with van der Waals surface area (Å²) in [5.41, 5.74) is 1.93. The zero-order valence-electron chi connectivity index (χ0n) is 15.9. The summed E-state index contributed by atoms with van der Waals surface area (Å²) in [7, 11) is 0. The number of urea groups is 1. The minimum atomic E-state index is -0.269. The Morgan fingerprint density at radius 3 is 2.30 bits per heavy atom. The van der Waals surface area contributed by atoms with Gasteiger partial charge in [0.1, 0.15) is 5.82 Å². The Hall–Kier alpha value is -2.43. The molecule has 1 aliphatic carbocycles. The van der Waals surface area contributed by atoms with Crippen molar-refractivity contribution in [1.82, 2.24) is 15.2 Å². The number of nitrogens with one attached hydrogen (secondary N) is 1. The van der Waals surface area contributed by atoms with Crippen LogP contribution in [0.25, 0.3) is 0 Å². The van der Waals surface area contributed by atoms with Crippen molar-refractivity contribution in [2.45, 2.75) is 58.2 Å². The van der Waals surface area contributed by atoms with E-state index < -0.39 is 0 Å². The van der Waals surface area contributed by atoms with Crippen molar-refractivity contribution < 1.29 is 9.18 Å². The molecule has 0 aliphatic heterocycles. The molecule has 27 heavy (non-hydrogen) atoms. The van der Waals surface area contributed by atoms with Crippen LogP contribution in [0.5, 0.6) is 0 Å². The predicted molar refractivity (Wildman–Crippen MR) is 104 cm³/mol. The Labute approximate surface area is 160 Å². The smallest absolute Gasteiger partial charge is 0.318 e. The normalized spacial score (nSPS) is 15.9. The zero-order valence-corrected chi connectivity index (χ0v) is 15.9. The third-order valence-electron chi connectivity index (χ3n) is 5.40. The molecular weight excluding hydrogens is 341 g/mol. The second kappa shape index (κ2) is 9.49. The van der Waals surface area contributed by atoms with Gasteiger partial charge in [0.25, 0.3) is 0 Å². The SMILES string of the molecule is C[C@@H](NC(=O)N(Cc1ccncc1)Cc1ccc(F)cc1)C1CCCCC1. The van der Waals surface area contributed by atoms with Crippen LogP contribution in [-0.4, -0.2) is 22.0 Å². The summed E-state index contributed by atoms with van der Waals surface area (Å²) < 4.78 is 13.2. The van der Waals surface area contributed by atoms with Crippen LogP contribution < -0.4 is 5.32 Å². The van der Waals surface area contributed by atoms with Crippen molar-refractivity contribution in [2.24, 2.45) is 5.92 Å². The van der Waals surface area contributed by atoms with Gasteiger partial charge in [0.15, 0.2) is 0 Å². The van der Waals surface area contributed by atoms with Gasteiger partial charge >= 0.3 is 6.03 Å². The summed E-state index contributed by atoms with van der Waals surface area (Å²) in [5, 5.41) is 3.20. The number of benzene rings is 1. The average molecular weight is 369 g/mol. The van der Waals surface area contributed by atoms with E-state index in [1.54, 1.807) is 29.4 Å². The van der Waals surface area contributed by atoms with Crippen LogP contribution in [0, 0.1) is 11.7 Å². The summed E-state index contributed by atoms with van der Waals surface area (Å²) in [5.74, 6) is 0.283. The van der Waals surface area contributed by atoms with Crippen LogP contribution in [0.15, 0.2) is 48.8 Å². The summed E-state index contributed by atoms with van der Waals surface area (Å²) >= 11 is 0. The summed E-state index contributed by atoms with van der Waals surface area (Å²) in [4.78, 5) is 18.8. The minimum Gasteiger partial charge on any atom is -0.335 e. The summed E-state index contributed by atoms with van der Waals surface area (Å²) in [6.45, 7) is 3.03. The highest BCUT2D eigenvalue weighted by atomic mass is 19.1. The number of nitrogens with zero attached hydrogens (tertiary/aromatic N) is 2. The lowest BCUT2D eigenvalue weighted by atomic mass is 9.84. The zero-order chi connectivity index (χ0) is 19.1.